The summed E-state index contributed by atoms with van der Waals surface area (Å²) in [7, 11) is 0. The molecule has 1 aromatic rings. The molecular weight excluding hydrogens is 242 g/mol. The molecule has 1 atom stereocenters. The van der Waals surface area contributed by atoms with Crippen LogP contribution in [-0.2, 0) is 9.59 Å². The van der Waals surface area contributed by atoms with Crippen molar-refractivity contribution in [2.75, 3.05) is 11.9 Å². The topological polar surface area (TPSA) is 84.2 Å². The zero-order chi connectivity index (χ0) is 14.3. The molecule has 2 amide bonds. The Labute approximate surface area is 113 Å². The maximum atomic E-state index is 11.6. The number of hydrogen-bond donors (Lipinski definition) is 3. The van der Waals surface area contributed by atoms with Gasteiger partial charge in [-0.2, -0.15) is 0 Å². The number of benzene rings is 1. The predicted molar refractivity (Wildman–Crippen MR) is 75.7 cm³/mol. The Kier molecular flexibility index (Phi) is 5.85. The van der Waals surface area contributed by atoms with Gasteiger partial charge in [-0.15, -0.1) is 0 Å². The highest BCUT2D eigenvalue weighted by atomic mass is 16.2. The fourth-order valence-electron chi connectivity index (χ4n) is 1.67. The average molecular weight is 263 g/mol. The second-order valence-electron chi connectivity index (χ2n) is 4.47. The molecule has 5 nitrogen and oxygen atoms in total. The Morgan fingerprint density at radius 3 is 2.58 bits per heavy atom. The summed E-state index contributed by atoms with van der Waals surface area (Å²) >= 11 is 0. The maximum Gasteiger partial charge on any atom is 0.240 e. The smallest absolute Gasteiger partial charge is 0.240 e. The van der Waals surface area contributed by atoms with Crippen molar-refractivity contribution in [2.45, 2.75) is 32.7 Å². The van der Waals surface area contributed by atoms with Crippen LogP contribution in [0.3, 0.4) is 0 Å². The van der Waals surface area contributed by atoms with Crippen LogP contribution in [0.1, 0.15) is 25.3 Å². The molecule has 0 fully saturated rings. The number of hydrogen-bond acceptors (Lipinski definition) is 3. The van der Waals surface area contributed by atoms with E-state index in [0.29, 0.717) is 6.54 Å². The largest absolute Gasteiger partial charge is 0.373 e. The number of rotatable bonds is 7. The number of nitrogens with one attached hydrogen (secondary N) is 2. The Bertz CT molecular complexity index is 446. The molecule has 0 aliphatic heterocycles. The minimum Gasteiger partial charge on any atom is -0.373 e. The SMILES string of the molecule is CCCNC(=O)CC(Nc1ccccc1C)C(N)=O. The highest BCUT2D eigenvalue weighted by Gasteiger charge is 2.19. The van der Waals surface area contributed by atoms with Gasteiger partial charge >= 0.3 is 0 Å². The molecule has 1 unspecified atom stereocenters. The molecule has 0 aliphatic rings. The minimum absolute atomic E-state index is 0.0453. The van der Waals surface area contributed by atoms with E-state index in [1.165, 1.54) is 0 Å². The molecule has 1 aromatic carbocycles. The first kappa shape index (κ1) is 15.0. The predicted octanol–water partition coefficient (Wildman–Crippen LogP) is 1.18. The summed E-state index contributed by atoms with van der Waals surface area (Å²) in [6, 6.07) is 6.86. The Morgan fingerprint density at radius 1 is 1.32 bits per heavy atom. The van der Waals surface area contributed by atoms with Gasteiger partial charge in [-0.1, -0.05) is 25.1 Å². The van der Waals surface area contributed by atoms with Crippen molar-refractivity contribution >= 4 is 17.5 Å². The van der Waals surface area contributed by atoms with Gasteiger partial charge in [0.25, 0.3) is 0 Å². The van der Waals surface area contributed by atoms with Crippen LogP contribution in [0.25, 0.3) is 0 Å². The zero-order valence-electron chi connectivity index (χ0n) is 11.4. The summed E-state index contributed by atoms with van der Waals surface area (Å²) in [4.78, 5) is 23.0. The van der Waals surface area contributed by atoms with E-state index in [2.05, 4.69) is 10.6 Å². The van der Waals surface area contributed by atoms with Crippen LogP contribution in [0.2, 0.25) is 0 Å². The summed E-state index contributed by atoms with van der Waals surface area (Å²) in [6.07, 6.45) is 0.905. The van der Waals surface area contributed by atoms with Gasteiger partial charge in [0.1, 0.15) is 6.04 Å². The molecular formula is C14H21N3O2. The Hall–Kier alpha value is -2.04. The third kappa shape index (κ3) is 4.99. The third-order valence-electron chi connectivity index (χ3n) is 2.78. The van der Waals surface area contributed by atoms with Crippen LogP contribution >= 0.6 is 0 Å². The lowest BCUT2D eigenvalue weighted by Gasteiger charge is -2.17. The van der Waals surface area contributed by atoms with Crippen LogP contribution in [0.4, 0.5) is 5.69 Å². The number of carbonyl (C=O) groups is 2. The van der Waals surface area contributed by atoms with E-state index in [9.17, 15) is 9.59 Å². The normalized spacial score (nSPS) is 11.7. The molecule has 0 spiro atoms. The van der Waals surface area contributed by atoms with Crippen molar-refractivity contribution in [1.82, 2.24) is 5.32 Å². The molecule has 0 bridgehead atoms. The Morgan fingerprint density at radius 2 is 2.00 bits per heavy atom. The van der Waals surface area contributed by atoms with Crippen LogP contribution < -0.4 is 16.4 Å². The van der Waals surface area contributed by atoms with Gasteiger partial charge in [0, 0.05) is 12.2 Å². The highest BCUT2D eigenvalue weighted by Crippen LogP contribution is 2.15. The minimum atomic E-state index is -0.696. The molecule has 1 rings (SSSR count). The van der Waals surface area contributed by atoms with Crippen molar-refractivity contribution in [1.29, 1.82) is 0 Å². The van der Waals surface area contributed by atoms with Gasteiger partial charge < -0.3 is 16.4 Å². The fraction of sp³-hybridized carbons (Fsp3) is 0.429. The summed E-state index contributed by atoms with van der Waals surface area (Å²) in [5.74, 6) is -0.707. The van der Waals surface area contributed by atoms with E-state index in [1.807, 2.05) is 38.1 Å². The summed E-state index contributed by atoms with van der Waals surface area (Å²) in [6.45, 7) is 4.50. The number of primary amides is 1. The van der Waals surface area contributed by atoms with Gasteiger partial charge in [0.2, 0.25) is 11.8 Å². The fourth-order valence-corrected chi connectivity index (χ4v) is 1.67. The maximum absolute atomic E-state index is 11.6. The molecule has 5 heteroatoms. The van der Waals surface area contributed by atoms with E-state index in [0.717, 1.165) is 17.7 Å². The number of para-hydroxylation sites is 1. The molecule has 0 heterocycles. The van der Waals surface area contributed by atoms with Crippen LogP contribution in [0.15, 0.2) is 24.3 Å². The van der Waals surface area contributed by atoms with E-state index in [4.69, 9.17) is 5.73 Å². The van der Waals surface area contributed by atoms with Gasteiger partial charge in [-0.25, -0.2) is 0 Å². The van der Waals surface area contributed by atoms with Crippen molar-refractivity contribution in [3.63, 3.8) is 0 Å². The quantitative estimate of drug-likeness (QED) is 0.690. The zero-order valence-corrected chi connectivity index (χ0v) is 11.4. The number of anilines is 1. The summed E-state index contributed by atoms with van der Waals surface area (Å²) < 4.78 is 0. The average Bonchev–Trinajstić information content (AvgIpc) is 2.38. The van der Waals surface area contributed by atoms with Gasteiger partial charge in [-0.3, -0.25) is 9.59 Å². The van der Waals surface area contributed by atoms with Crippen molar-refractivity contribution < 1.29 is 9.59 Å². The second kappa shape index (κ2) is 7.41. The lowest BCUT2D eigenvalue weighted by Crippen LogP contribution is -2.40. The van der Waals surface area contributed by atoms with Crippen molar-refractivity contribution in [2.24, 2.45) is 5.73 Å². The van der Waals surface area contributed by atoms with Gasteiger partial charge in [0.15, 0.2) is 0 Å². The van der Waals surface area contributed by atoms with Crippen LogP contribution in [0.5, 0.6) is 0 Å². The van der Waals surface area contributed by atoms with Crippen LogP contribution in [-0.4, -0.2) is 24.4 Å². The molecule has 19 heavy (non-hydrogen) atoms. The number of amides is 2. The molecule has 0 aliphatic carbocycles. The first-order chi connectivity index (χ1) is 9.04. The molecule has 0 aromatic heterocycles. The summed E-state index contributed by atoms with van der Waals surface area (Å²) in [5.41, 5.74) is 7.15. The number of aryl methyl sites for hydroxylation is 1. The van der Waals surface area contributed by atoms with Crippen molar-refractivity contribution in [3.8, 4) is 0 Å². The van der Waals surface area contributed by atoms with Gasteiger partial charge in [-0.05, 0) is 25.0 Å². The molecule has 104 valence electrons. The van der Waals surface area contributed by atoms with E-state index < -0.39 is 11.9 Å². The Balaban J connectivity index is 2.66. The molecule has 0 saturated heterocycles. The third-order valence-corrected chi connectivity index (χ3v) is 2.78. The van der Waals surface area contributed by atoms with Crippen LogP contribution in [0, 0.1) is 6.92 Å². The monoisotopic (exact) mass is 263 g/mol. The number of nitrogens with two attached hydrogens (primary N) is 1. The first-order valence-electron chi connectivity index (χ1n) is 6.42. The number of carbonyl (C=O) groups excluding carboxylic acids is 2. The summed E-state index contributed by atoms with van der Waals surface area (Å²) in [5, 5.41) is 5.75. The van der Waals surface area contributed by atoms with E-state index >= 15 is 0 Å². The standard InChI is InChI=1S/C14H21N3O2/c1-3-8-16-13(18)9-12(14(15)19)17-11-7-5-4-6-10(11)2/h4-7,12,17H,3,8-9H2,1-2H3,(H2,15,19)(H,16,18). The second-order valence-corrected chi connectivity index (χ2v) is 4.47. The van der Waals surface area contributed by atoms with E-state index in [-0.39, 0.29) is 12.3 Å². The molecule has 0 saturated carbocycles. The van der Waals surface area contributed by atoms with Gasteiger partial charge in [0.05, 0.1) is 6.42 Å². The first-order valence-corrected chi connectivity index (χ1v) is 6.42. The molecule has 0 radical (unpaired) electrons. The van der Waals surface area contributed by atoms with Crippen molar-refractivity contribution in [3.05, 3.63) is 29.8 Å². The highest BCUT2D eigenvalue weighted by molar-refractivity contribution is 5.89. The molecule has 4 N–H and O–H groups in total. The lowest BCUT2D eigenvalue weighted by molar-refractivity contribution is -0.125. The lowest BCUT2D eigenvalue weighted by atomic mass is 10.1. The van der Waals surface area contributed by atoms with E-state index in [1.54, 1.807) is 0 Å².